The highest BCUT2D eigenvalue weighted by molar-refractivity contribution is 5.86. The highest BCUT2D eigenvalue weighted by Crippen LogP contribution is 2.42. The van der Waals surface area contributed by atoms with Gasteiger partial charge in [0.2, 0.25) is 5.91 Å². The number of nitrogens with one attached hydrogen (secondary N) is 1. The van der Waals surface area contributed by atoms with Gasteiger partial charge in [0, 0.05) is 38.6 Å². The highest BCUT2D eigenvalue weighted by atomic mass is 16.2. The zero-order chi connectivity index (χ0) is 18.4. The Morgan fingerprint density at radius 1 is 1.24 bits per heavy atom. The first-order valence-electron chi connectivity index (χ1n) is 9.37. The molecule has 1 saturated carbocycles. The fourth-order valence-electron chi connectivity index (χ4n) is 3.25. The molecule has 138 valence electrons. The molecule has 0 heterocycles. The van der Waals surface area contributed by atoms with Gasteiger partial charge in [-0.1, -0.05) is 24.3 Å². The van der Waals surface area contributed by atoms with Gasteiger partial charge in [-0.05, 0) is 45.2 Å². The molecule has 2 atom stereocenters. The monoisotopic (exact) mass is 344 g/mol. The number of aliphatic imine (C=N–C) groups is 1. The number of guanidine groups is 1. The number of hydrogen-bond donors (Lipinski definition) is 1. The maximum atomic E-state index is 12.4. The Labute approximate surface area is 152 Å². The molecule has 1 aliphatic rings. The van der Waals surface area contributed by atoms with Crippen molar-refractivity contribution in [3.8, 4) is 0 Å². The molecule has 1 amide bonds. The van der Waals surface area contributed by atoms with E-state index in [-0.39, 0.29) is 5.91 Å². The minimum absolute atomic E-state index is 0.143. The lowest BCUT2D eigenvalue weighted by Crippen LogP contribution is -2.46. The molecule has 1 aromatic rings. The van der Waals surface area contributed by atoms with Gasteiger partial charge in [-0.25, -0.2) is 0 Å². The summed E-state index contributed by atoms with van der Waals surface area (Å²) in [5.74, 6) is 1.50. The van der Waals surface area contributed by atoms with E-state index in [1.807, 2.05) is 37.6 Å². The molecule has 0 spiro atoms. The topological polar surface area (TPSA) is 47.9 Å². The fraction of sp³-hybridized carbons (Fsp3) is 0.600. The SMILES string of the molecule is CCN=C(NC1CC1c1ccccc1C)N(C)CC(=O)N(CC)CC. The largest absolute Gasteiger partial charge is 0.353 e. The van der Waals surface area contributed by atoms with Gasteiger partial charge in [0.1, 0.15) is 0 Å². The second kappa shape index (κ2) is 8.88. The third-order valence-corrected chi connectivity index (χ3v) is 4.85. The van der Waals surface area contributed by atoms with Crippen LogP contribution in [0.3, 0.4) is 0 Å². The Hall–Kier alpha value is -2.04. The molecule has 0 aromatic heterocycles. The van der Waals surface area contributed by atoms with Crippen molar-refractivity contribution in [2.45, 2.75) is 46.1 Å². The molecule has 0 radical (unpaired) electrons. The van der Waals surface area contributed by atoms with Crippen LogP contribution in [0.2, 0.25) is 0 Å². The van der Waals surface area contributed by atoms with Crippen molar-refractivity contribution in [2.75, 3.05) is 33.2 Å². The van der Waals surface area contributed by atoms with E-state index in [0.29, 0.717) is 25.0 Å². The Kier molecular flexibility index (Phi) is 6.85. The van der Waals surface area contributed by atoms with Gasteiger partial charge < -0.3 is 15.1 Å². The maximum absolute atomic E-state index is 12.4. The van der Waals surface area contributed by atoms with Crippen molar-refractivity contribution in [1.29, 1.82) is 0 Å². The molecule has 0 aliphatic heterocycles. The lowest BCUT2D eigenvalue weighted by molar-refractivity contribution is -0.131. The van der Waals surface area contributed by atoms with E-state index in [1.165, 1.54) is 11.1 Å². The van der Waals surface area contributed by atoms with E-state index < -0.39 is 0 Å². The Morgan fingerprint density at radius 2 is 1.92 bits per heavy atom. The van der Waals surface area contributed by atoms with Crippen LogP contribution in [0.1, 0.15) is 44.2 Å². The first-order valence-corrected chi connectivity index (χ1v) is 9.37. The van der Waals surface area contributed by atoms with Crippen LogP contribution in [0.4, 0.5) is 0 Å². The number of carbonyl (C=O) groups is 1. The number of amides is 1. The summed E-state index contributed by atoms with van der Waals surface area (Å²) in [4.78, 5) is 20.7. The number of hydrogen-bond acceptors (Lipinski definition) is 2. The number of nitrogens with zero attached hydrogens (tertiary/aromatic N) is 3. The lowest BCUT2D eigenvalue weighted by Gasteiger charge is -2.26. The van der Waals surface area contributed by atoms with Crippen LogP contribution in [0.25, 0.3) is 0 Å². The molecule has 1 N–H and O–H groups in total. The van der Waals surface area contributed by atoms with E-state index in [9.17, 15) is 4.79 Å². The van der Waals surface area contributed by atoms with Crippen molar-refractivity contribution in [2.24, 2.45) is 4.99 Å². The van der Waals surface area contributed by atoms with E-state index in [4.69, 9.17) is 0 Å². The van der Waals surface area contributed by atoms with Crippen LogP contribution >= 0.6 is 0 Å². The molecule has 0 bridgehead atoms. The van der Waals surface area contributed by atoms with Crippen molar-refractivity contribution in [3.63, 3.8) is 0 Å². The van der Waals surface area contributed by atoms with Crippen LogP contribution in [-0.2, 0) is 4.79 Å². The van der Waals surface area contributed by atoms with E-state index in [1.54, 1.807) is 0 Å². The van der Waals surface area contributed by atoms with Crippen molar-refractivity contribution in [1.82, 2.24) is 15.1 Å². The minimum Gasteiger partial charge on any atom is -0.353 e. The normalized spacial score (nSPS) is 19.5. The number of rotatable bonds is 7. The molecule has 1 aromatic carbocycles. The smallest absolute Gasteiger partial charge is 0.242 e. The number of likely N-dealkylation sites (N-methyl/N-ethyl adjacent to an activating group) is 2. The average Bonchev–Trinajstić information content (AvgIpc) is 3.35. The van der Waals surface area contributed by atoms with Gasteiger partial charge in [-0.3, -0.25) is 9.79 Å². The summed E-state index contributed by atoms with van der Waals surface area (Å²) in [7, 11) is 1.94. The van der Waals surface area contributed by atoms with Gasteiger partial charge in [-0.2, -0.15) is 0 Å². The molecule has 2 unspecified atom stereocenters. The average molecular weight is 345 g/mol. The predicted molar refractivity (Wildman–Crippen MR) is 104 cm³/mol. The van der Waals surface area contributed by atoms with Crippen molar-refractivity contribution >= 4 is 11.9 Å². The van der Waals surface area contributed by atoms with Crippen LogP contribution in [0, 0.1) is 6.92 Å². The van der Waals surface area contributed by atoms with Gasteiger partial charge in [-0.15, -0.1) is 0 Å². The van der Waals surface area contributed by atoms with Crippen molar-refractivity contribution in [3.05, 3.63) is 35.4 Å². The lowest BCUT2D eigenvalue weighted by atomic mass is 10.0. The van der Waals surface area contributed by atoms with Crippen LogP contribution < -0.4 is 5.32 Å². The summed E-state index contributed by atoms with van der Waals surface area (Å²) in [5.41, 5.74) is 2.76. The third-order valence-electron chi connectivity index (χ3n) is 4.85. The van der Waals surface area contributed by atoms with Crippen LogP contribution in [0.5, 0.6) is 0 Å². The highest BCUT2D eigenvalue weighted by Gasteiger charge is 2.40. The molecule has 25 heavy (non-hydrogen) atoms. The Balaban J connectivity index is 1.97. The second-order valence-electron chi connectivity index (χ2n) is 6.67. The van der Waals surface area contributed by atoms with E-state index >= 15 is 0 Å². The Morgan fingerprint density at radius 3 is 2.52 bits per heavy atom. The number of carbonyl (C=O) groups excluding carboxylic acids is 1. The zero-order valence-corrected chi connectivity index (χ0v) is 16.2. The standard InChI is InChI=1S/C20H32N4O/c1-6-21-20(23(5)14-19(25)24(7-2)8-3)22-18-13-17(18)16-12-10-9-11-15(16)4/h9-12,17-18H,6-8,13-14H2,1-5H3,(H,21,22). The second-order valence-corrected chi connectivity index (χ2v) is 6.67. The summed E-state index contributed by atoms with van der Waals surface area (Å²) in [6.07, 6.45) is 1.12. The Bertz CT molecular complexity index is 609. The molecular formula is C20H32N4O. The van der Waals surface area contributed by atoms with Gasteiger partial charge in [0.15, 0.2) is 5.96 Å². The predicted octanol–water partition coefficient (Wildman–Crippen LogP) is 2.62. The summed E-state index contributed by atoms with van der Waals surface area (Å²) >= 11 is 0. The van der Waals surface area contributed by atoms with Gasteiger partial charge in [0.05, 0.1) is 6.54 Å². The number of aryl methyl sites for hydroxylation is 1. The molecule has 5 heteroatoms. The quantitative estimate of drug-likeness (QED) is 0.611. The van der Waals surface area contributed by atoms with Crippen LogP contribution in [-0.4, -0.2) is 60.9 Å². The molecule has 5 nitrogen and oxygen atoms in total. The molecule has 2 rings (SSSR count). The zero-order valence-electron chi connectivity index (χ0n) is 16.2. The molecule has 0 saturated heterocycles. The third kappa shape index (κ3) is 4.97. The van der Waals surface area contributed by atoms with Crippen LogP contribution in [0.15, 0.2) is 29.3 Å². The van der Waals surface area contributed by atoms with Gasteiger partial charge >= 0.3 is 0 Å². The van der Waals surface area contributed by atoms with E-state index in [0.717, 1.165) is 25.5 Å². The number of benzene rings is 1. The first-order chi connectivity index (χ1) is 12.0. The van der Waals surface area contributed by atoms with Crippen molar-refractivity contribution < 1.29 is 4.79 Å². The summed E-state index contributed by atoms with van der Waals surface area (Å²) in [6.45, 7) is 10.8. The first kappa shape index (κ1) is 19.3. The van der Waals surface area contributed by atoms with E-state index in [2.05, 4.69) is 41.5 Å². The maximum Gasteiger partial charge on any atom is 0.242 e. The van der Waals surface area contributed by atoms with Gasteiger partial charge in [0.25, 0.3) is 0 Å². The fourth-order valence-corrected chi connectivity index (χ4v) is 3.25. The summed E-state index contributed by atoms with van der Waals surface area (Å²) < 4.78 is 0. The summed E-state index contributed by atoms with van der Waals surface area (Å²) in [6, 6.07) is 8.97. The molecular weight excluding hydrogens is 312 g/mol. The summed E-state index contributed by atoms with van der Waals surface area (Å²) in [5, 5.41) is 3.55. The molecule has 1 aliphatic carbocycles. The minimum atomic E-state index is 0.143. The molecule has 1 fully saturated rings.